The van der Waals surface area contributed by atoms with Crippen LogP contribution in [0.25, 0.3) is 5.65 Å². The molecule has 2 rings (SSSR count). The number of aromatic hydroxyl groups is 1. The molecule has 2 aromatic rings. The van der Waals surface area contributed by atoms with E-state index in [0.29, 0.717) is 5.65 Å². The van der Waals surface area contributed by atoms with Crippen molar-refractivity contribution >= 4 is 5.65 Å². The van der Waals surface area contributed by atoms with E-state index < -0.39 is 0 Å². The van der Waals surface area contributed by atoms with E-state index in [2.05, 4.69) is 10.2 Å². The standard InChI is InChI=1S/C6H5N3O/c10-5-3-6-8-7-1-2-9(6)4-5/h1-4,10H. The summed E-state index contributed by atoms with van der Waals surface area (Å²) in [5.41, 5.74) is 0.653. The predicted octanol–water partition coefficient (Wildman–Crippen LogP) is 0.435. The Kier molecular flexibility index (Phi) is 0.887. The minimum Gasteiger partial charge on any atom is -0.506 e. The lowest BCUT2D eigenvalue weighted by atomic mass is 10.6. The normalized spacial score (nSPS) is 10.4. The number of fused-ring (bicyclic) bond motifs is 1. The van der Waals surface area contributed by atoms with E-state index in [4.69, 9.17) is 5.11 Å². The van der Waals surface area contributed by atoms with Crippen LogP contribution in [0.1, 0.15) is 0 Å². The number of nitrogens with zero attached hydrogens (tertiary/aromatic N) is 3. The van der Waals surface area contributed by atoms with E-state index in [1.807, 2.05) is 0 Å². The molecule has 0 aliphatic rings. The van der Waals surface area contributed by atoms with Gasteiger partial charge in [0.25, 0.3) is 0 Å². The van der Waals surface area contributed by atoms with Crippen LogP contribution in [0, 0.1) is 0 Å². The zero-order chi connectivity index (χ0) is 6.97. The van der Waals surface area contributed by atoms with Gasteiger partial charge < -0.3 is 9.51 Å². The zero-order valence-corrected chi connectivity index (χ0v) is 5.10. The first-order chi connectivity index (χ1) is 4.86. The fourth-order valence-corrected chi connectivity index (χ4v) is 0.847. The van der Waals surface area contributed by atoms with Gasteiger partial charge in [-0.25, -0.2) is 0 Å². The first kappa shape index (κ1) is 5.22. The van der Waals surface area contributed by atoms with Gasteiger partial charge in [0.05, 0.1) is 12.4 Å². The molecule has 0 aromatic carbocycles. The van der Waals surface area contributed by atoms with Gasteiger partial charge in [0.2, 0.25) is 0 Å². The molecule has 4 heteroatoms. The van der Waals surface area contributed by atoms with Gasteiger partial charge in [-0.1, -0.05) is 0 Å². The maximum atomic E-state index is 8.97. The molecule has 0 unspecified atom stereocenters. The van der Waals surface area contributed by atoms with Crippen molar-refractivity contribution in [1.82, 2.24) is 14.6 Å². The van der Waals surface area contributed by atoms with Gasteiger partial charge in [-0.15, -0.1) is 5.10 Å². The second-order valence-corrected chi connectivity index (χ2v) is 1.98. The summed E-state index contributed by atoms with van der Waals surface area (Å²) in [4.78, 5) is 0. The molecule has 50 valence electrons. The van der Waals surface area contributed by atoms with Crippen molar-refractivity contribution in [2.24, 2.45) is 0 Å². The van der Waals surface area contributed by atoms with Crippen molar-refractivity contribution in [2.45, 2.75) is 0 Å². The Morgan fingerprint density at radius 1 is 1.50 bits per heavy atom. The van der Waals surface area contributed by atoms with Gasteiger partial charge in [-0.2, -0.15) is 5.10 Å². The Hall–Kier alpha value is -1.58. The van der Waals surface area contributed by atoms with Crippen LogP contribution in [0.15, 0.2) is 24.7 Å². The van der Waals surface area contributed by atoms with E-state index in [-0.39, 0.29) is 5.75 Å². The molecule has 0 fully saturated rings. The van der Waals surface area contributed by atoms with Crippen molar-refractivity contribution in [1.29, 1.82) is 0 Å². The Morgan fingerprint density at radius 3 is 3.20 bits per heavy atom. The van der Waals surface area contributed by atoms with Gasteiger partial charge in [-0.3, -0.25) is 0 Å². The van der Waals surface area contributed by atoms with Crippen LogP contribution in [0.2, 0.25) is 0 Å². The lowest BCUT2D eigenvalue weighted by Crippen LogP contribution is -1.85. The summed E-state index contributed by atoms with van der Waals surface area (Å²) in [6.45, 7) is 0. The highest BCUT2D eigenvalue weighted by Gasteiger charge is 1.95. The summed E-state index contributed by atoms with van der Waals surface area (Å²) in [5.74, 6) is 0.209. The second-order valence-electron chi connectivity index (χ2n) is 1.98. The first-order valence-corrected chi connectivity index (χ1v) is 2.84. The highest BCUT2D eigenvalue weighted by atomic mass is 16.3. The molecule has 0 amide bonds. The van der Waals surface area contributed by atoms with Gasteiger partial charge in [0, 0.05) is 12.3 Å². The number of aromatic nitrogens is 3. The third kappa shape index (κ3) is 0.621. The molecular weight excluding hydrogens is 130 g/mol. The molecule has 1 N–H and O–H groups in total. The number of rotatable bonds is 0. The summed E-state index contributed by atoms with van der Waals surface area (Å²) in [5, 5.41) is 16.4. The fourth-order valence-electron chi connectivity index (χ4n) is 0.847. The molecule has 2 heterocycles. The van der Waals surface area contributed by atoms with Gasteiger partial charge in [-0.05, 0) is 0 Å². The molecule has 0 atom stereocenters. The van der Waals surface area contributed by atoms with Gasteiger partial charge >= 0.3 is 0 Å². The molecule has 0 radical (unpaired) electrons. The summed E-state index contributed by atoms with van der Waals surface area (Å²) >= 11 is 0. The lowest BCUT2D eigenvalue weighted by Gasteiger charge is -1.85. The summed E-state index contributed by atoms with van der Waals surface area (Å²) < 4.78 is 1.70. The summed E-state index contributed by atoms with van der Waals surface area (Å²) in [6, 6.07) is 1.55. The quantitative estimate of drug-likeness (QED) is 0.570. The number of hydrogen-bond donors (Lipinski definition) is 1. The van der Waals surface area contributed by atoms with E-state index in [1.165, 1.54) is 0 Å². The third-order valence-corrected chi connectivity index (χ3v) is 1.27. The molecule has 0 spiro atoms. The van der Waals surface area contributed by atoms with E-state index in [1.54, 1.807) is 29.1 Å². The zero-order valence-electron chi connectivity index (χ0n) is 5.10. The summed E-state index contributed by atoms with van der Waals surface area (Å²) in [6.07, 6.45) is 4.86. The largest absolute Gasteiger partial charge is 0.506 e. The molecular formula is C6H5N3O. The predicted molar refractivity (Wildman–Crippen MR) is 34.7 cm³/mol. The maximum absolute atomic E-state index is 8.97. The Balaban J connectivity index is 2.88. The Bertz CT molecular complexity index is 322. The van der Waals surface area contributed by atoms with Gasteiger partial charge in [0.15, 0.2) is 5.65 Å². The van der Waals surface area contributed by atoms with Crippen LogP contribution in [-0.2, 0) is 0 Å². The van der Waals surface area contributed by atoms with Crippen molar-refractivity contribution in [2.75, 3.05) is 0 Å². The Morgan fingerprint density at radius 2 is 2.40 bits per heavy atom. The SMILES string of the molecule is Oc1cc2nnccn2c1. The van der Waals surface area contributed by atoms with Crippen molar-refractivity contribution in [3.8, 4) is 5.75 Å². The average Bonchev–Trinajstić information content (AvgIpc) is 2.27. The maximum Gasteiger partial charge on any atom is 0.163 e. The number of hydrogen-bond acceptors (Lipinski definition) is 3. The first-order valence-electron chi connectivity index (χ1n) is 2.84. The molecule has 0 bridgehead atoms. The van der Waals surface area contributed by atoms with Crippen LogP contribution >= 0.6 is 0 Å². The van der Waals surface area contributed by atoms with Crippen LogP contribution in [-0.4, -0.2) is 19.7 Å². The van der Waals surface area contributed by atoms with Crippen LogP contribution < -0.4 is 0 Å². The van der Waals surface area contributed by atoms with Crippen molar-refractivity contribution in [3.05, 3.63) is 24.7 Å². The minimum absolute atomic E-state index is 0.209. The van der Waals surface area contributed by atoms with Crippen molar-refractivity contribution < 1.29 is 5.11 Å². The molecule has 0 aliphatic heterocycles. The highest BCUT2D eigenvalue weighted by Crippen LogP contribution is 2.11. The monoisotopic (exact) mass is 135 g/mol. The molecule has 0 saturated heterocycles. The topological polar surface area (TPSA) is 50.4 Å². The molecule has 0 saturated carbocycles. The van der Waals surface area contributed by atoms with Gasteiger partial charge in [0.1, 0.15) is 5.75 Å². The average molecular weight is 135 g/mol. The van der Waals surface area contributed by atoms with E-state index in [0.717, 1.165) is 0 Å². The molecule has 2 aromatic heterocycles. The molecule has 4 nitrogen and oxygen atoms in total. The van der Waals surface area contributed by atoms with Crippen molar-refractivity contribution in [3.63, 3.8) is 0 Å². The smallest absolute Gasteiger partial charge is 0.163 e. The lowest BCUT2D eigenvalue weighted by molar-refractivity contribution is 0.476. The highest BCUT2D eigenvalue weighted by molar-refractivity contribution is 5.43. The minimum atomic E-state index is 0.209. The van der Waals surface area contributed by atoms with E-state index in [9.17, 15) is 0 Å². The van der Waals surface area contributed by atoms with Crippen LogP contribution in [0.4, 0.5) is 0 Å². The van der Waals surface area contributed by atoms with Crippen LogP contribution in [0.3, 0.4) is 0 Å². The fraction of sp³-hybridized carbons (Fsp3) is 0. The van der Waals surface area contributed by atoms with Crippen LogP contribution in [0.5, 0.6) is 5.75 Å². The molecule has 0 aliphatic carbocycles. The summed E-state index contributed by atoms with van der Waals surface area (Å²) in [7, 11) is 0. The second kappa shape index (κ2) is 1.70. The molecule has 10 heavy (non-hydrogen) atoms. The van der Waals surface area contributed by atoms with E-state index >= 15 is 0 Å². The Labute approximate surface area is 56.8 Å². The third-order valence-electron chi connectivity index (χ3n) is 1.27.